The smallest absolute Gasteiger partial charge is 0.320 e. The number of carbonyl (C=O) groups excluding carboxylic acids is 1. The van der Waals surface area contributed by atoms with Crippen LogP contribution in [0.2, 0.25) is 0 Å². The number of aromatic nitrogens is 1. The van der Waals surface area contributed by atoms with Gasteiger partial charge in [-0.1, -0.05) is 43.2 Å². The molecule has 216 valence electrons. The third-order valence-electron chi connectivity index (χ3n) is 9.18. The van der Waals surface area contributed by atoms with Gasteiger partial charge < -0.3 is 19.9 Å². The first-order valence-electron chi connectivity index (χ1n) is 14.5. The van der Waals surface area contributed by atoms with Crippen LogP contribution in [0.25, 0.3) is 11.3 Å². The van der Waals surface area contributed by atoms with E-state index in [-0.39, 0.29) is 35.5 Å². The summed E-state index contributed by atoms with van der Waals surface area (Å²) < 4.78 is 28.8. The summed E-state index contributed by atoms with van der Waals surface area (Å²) in [6.07, 6.45) is 5.64. The van der Waals surface area contributed by atoms with E-state index in [0.717, 1.165) is 55.1 Å². The lowest BCUT2D eigenvalue weighted by Crippen LogP contribution is -2.64. The van der Waals surface area contributed by atoms with Crippen LogP contribution < -0.4 is 5.43 Å². The number of H-pyrrole nitrogens is 1. The molecule has 3 fully saturated rings. The van der Waals surface area contributed by atoms with Gasteiger partial charge in [-0.25, -0.2) is 13.6 Å². The predicted octanol–water partition coefficient (Wildman–Crippen LogP) is 5.07. The molecule has 1 saturated carbocycles. The highest BCUT2D eigenvalue weighted by molar-refractivity contribution is 5.75. The number of amides is 2. The number of piperidine rings is 1. The van der Waals surface area contributed by atoms with Crippen LogP contribution in [0.4, 0.5) is 13.6 Å². The zero-order valence-electron chi connectivity index (χ0n) is 23.1. The third kappa shape index (κ3) is 5.53. The summed E-state index contributed by atoms with van der Waals surface area (Å²) in [7, 11) is 0. The van der Waals surface area contributed by atoms with E-state index < -0.39 is 23.8 Å². The van der Waals surface area contributed by atoms with Crippen molar-refractivity contribution in [3.05, 3.63) is 93.8 Å². The number of aliphatic hydroxyl groups excluding tert-OH is 1. The van der Waals surface area contributed by atoms with Gasteiger partial charge in [0, 0.05) is 67.3 Å². The Hall–Kier alpha value is -3.56. The first kappa shape index (κ1) is 27.6. The second kappa shape index (κ2) is 11.4. The van der Waals surface area contributed by atoms with E-state index in [2.05, 4.69) is 9.88 Å². The Morgan fingerprint density at radius 2 is 1.80 bits per heavy atom. The molecule has 1 aliphatic carbocycles. The largest absolute Gasteiger partial charge is 0.393 e. The van der Waals surface area contributed by atoms with Crippen LogP contribution in [-0.2, 0) is 6.54 Å². The van der Waals surface area contributed by atoms with Crippen LogP contribution >= 0.6 is 0 Å². The average molecular weight is 563 g/mol. The zero-order chi connectivity index (χ0) is 28.6. The zero-order valence-corrected chi connectivity index (χ0v) is 23.1. The summed E-state index contributed by atoms with van der Waals surface area (Å²) in [4.78, 5) is 36.2. The van der Waals surface area contributed by atoms with Gasteiger partial charge in [-0.2, -0.15) is 0 Å². The van der Waals surface area contributed by atoms with Gasteiger partial charge in [-0.15, -0.1) is 0 Å². The monoisotopic (exact) mass is 562 g/mol. The number of benzene rings is 2. The number of urea groups is 1. The fourth-order valence-electron chi connectivity index (χ4n) is 6.97. The molecule has 0 radical (unpaired) electrons. The number of hydrogen-bond donors (Lipinski definition) is 2. The third-order valence-corrected chi connectivity index (χ3v) is 9.18. The van der Waals surface area contributed by atoms with Crippen molar-refractivity contribution < 1.29 is 18.7 Å². The first-order valence-corrected chi connectivity index (χ1v) is 14.5. The SMILES string of the molecule is O=C(N1CCN(Cc2c[nH]c(-c3ccccc3)cc2=O)C2(CCCC2)C1)N1CC[C@@H](O)C[C@H]1c1cc(F)ccc1F. The van der Waals surface area contributed by atoms with E-state index in [4.69, 9.17) is 0 Å². The Bertz CT molecular complexity index is 1460. The van der Waals surface area contributed by atoms with Crippen molar-refractivity contribution in [3.63, 3.8) is 0 Å². The number of piperazine rings is 1. The van der Waals surface area contributed by atoms with Crippen LogP contribution in [0.15, 0.2) is 65.6 Å². The minimum Gasteiger partial charge on any atom is -0.393 e. The molecule has 2 amide bonds. The second-order valence-corrected chi connectivity index (χ2v) is 11.7. The lowest BCUT2D eigenvalue weighted by Gasteiger charge is -2.51. The molecule has 3 heterocycles. The maximum Gasteiger partial charge on any atom is 0.320 e. The van der Waals surface area contributed by atoms with E-state index in [1.54, 1.807) is 11.0 Å². The number of hydrogen-bond acceptors (Lipinski definition) is 4. The van der Waals surface area contributed by atoms with Gasteiger partial charge in [-0.05, 0) is 49.4 Å². The molecule has 2 aliphatic heterocycles. The number of pyridine rings is 1. The Morgan fingerprint density at radius 1 is 1.02 bits per heavy atom. The molecule has 2 N–H and O–H groups in total. The summed E-state index contributed by atoms with van der Waals surface area (Å²) in [5, 5.41) is 10.4. The molecule has 1 spiro atoms. The molecular weight excluding hydrogens is 526 g/mol. The van der Waals surface area contributed by atoms with Crippen molar-refractivity contribution >= 4 is 6.03 Å². The van der Waals surface area contributed by atoms with Crippen LogP contribution in [0.3, 0.4) is 0 Å². The number of aliphatic hydroxyl groups is 1. The molecule has 3 aromatic rings. The number of aromatic amines is 1. The molecule has 2 aromatic carbocycles. The van der Waals surface area contributed by atoms with Crippen molar-refractivity contribution in [2.45, 2.75) is 62.8 Å². The van der Waals surface area contributed by atoms with Crippen molar-refractivity contribution in [2.75, 3.05) is 26.2 Å². The molecule has 0 bridgehead atoms. The van der Waals surface area contributed by atoms with Crippen LogP contribution in [-0.4, -0.2) is 68.6 Å². The predicted molar refractivity (Wildman–Crippen MR) is 152 cm³/mol. The highest BCUT2D eigenvalue weighted by atomic mass is 19.1. The molecule has 6 rings (SSSR count). The van der Waals surface area contributed by atoms with Gasteiger partial charge in [0.2, 0.25) is 0 Å². The molecular formula is C32H36F2N4O3. The highest BCUT2D eigenvalue weighted by Gasteiger charge is 2.46. The summed E-state index contributed by atoms with van der Waals surface area (Å²) in [6.45, 7) is 2.37. The van der Waals surface area contributed by atoms with Gasteiger partial charge in [0.05, 0.1) is 12.1 Å². The maximum atomic E-state index is 14.8. The Labute approximate surface area is 238 Å². The summed E-state index contributed by atoms with van der Waals surface area (Å²) in [5.74, 6) is -1.15. The Morgan fingerprint density at radius 3 is 2.56 bits per heavy atom. The van der Waals surface area contributed by atoms with Gasteiger partial charge >= 0.3 is 6.03 Å². The lowest BCUT2D eigenvalue weighted by atomic mass is 9.90. The number of likely N-dealkylation sites (tertiary alicyclic amines) is 1. The van der Waals surface area contributed by atoms with Crippen molar-refractivity contribution in [1.82, 2.24) is 19.7 Å². The summed E-state index contributed by atoms with van der Waals surface area (Å²) >= 11 is 0. The lowest BCUT2D eigenvalue weighted by molar-refractivity contribution is -0.00828. The number of nitrogens with one attached hydrogen (secondary N) is 1. The van der Waals surface area contributed by atoms with Crippen molar-refractivity contribution in [2.24, 2.45) is 0 Å². The topological polar surface area (TPSA) is 79.9 Å². The molecule has 1 aromatic heterocycles. The first-order chi connectivity index (χ1) is 19.8. The fraction of sp³-hybridized carbons (Fsp3) is 0.438. The number of halogens is 2. The van der Waals surface area contributed by atoms with Gasteiger partial charge in [-0.3, -0.25) is 9.69 Å². The normalized spacial score (nSPS) is 22.8. The van der Waals surface area contributed by atoms with Gasteiger partial charge in [0.15, 0.2) is 5.43 Å². The van der Waals surface area contributed by atoms with E-state index in [1.165, 1.54) is 0 Å². The number of nitrogens with zero attached hydrogens (tertiary/aromatic N) is 3. The number of rotatable bonds is 4. The molecule has 3 aliphatic rings. The van der Waals surface area contributed by atoms with E-state index in [1.807, 2.05) is 41.4 Å². The van der Waals surface area contributed by atoms with Crippen molar-refractivity contribution in [1.29, 1.82) is 0 Å². The summed E-state index contributed by atoms with van der Waals surface area (Å²) in [6, 6.07) is 13.7. The average Bonchev–Trinajstić information content (AvgIpc) is 3.45. The Balaban J connectivity index is 1.21. The van der Waals surface area contributed by atoms with Crippen LogP contribution in [0.1, 0.15) is 55.7 Å². The molecule has 41 heavy (non-hydrogen) atoms. The van der Waals surface area contributed by atoms with Crippen LogP contribution in [0.5, 0.6) is 0 Å². The molecule has 7 nitrogen and oxygen atoms in total. The maximum absolute atomic E-state index is 14.8. The molecule has 9 heteroatoms. The highest BCUT2D eigenvalue weighted by Crippen LogP contribution is 2.40. The fourth-order valence-corrected chi connectivity index (χ4v) is 6.97. The van der Waals surface area contributed by atoms with Gasteiger partial charge in [0.25, 0.3) is 0 Å². The molecule has 2 saturated heterocycles. The molecule has 2 atom stereocenters. The summed E-state index contributed by atoms with van der Waals surface area (Å²) in [5.41, 5.74) is 2.28. The van der Waals surface area contributed by atoms with Crippen LogP contribution in [0, 0.1) is 11.6 Å². The standard InChI is InChI=1S/C32H36F2N4O3/c33-24-8-9-27(34)26(16-24)29-17-25(39)10-13-38(29)31(41)36-14-15-37(32(21-36)11-4-5-12-32)20-23-19-35-28(18-30(23)40)22-6-2-1-3-7-22/h1-3,6-9,16,18-19,25,29,39H,4-5,10-15,17,20-21H2,(H,35,40)/t25-,29+/m1/s1. The number of carbonyl (C=O) groups is 1. The Kier molecular flexibility index (Phi) is 7.66. The minimum absolute atomic E-state index is 0.0129. The van der Waals surface area contributed by atoms with Crippen molar-refractivity contribution in [3.8, 4) is 11.3 Å². The quantitative estimate of drug-likeness (QED) is 0.466. The van der Waals surface area contributed by atoms with E-state index >= 15 is 0 Å². The van der Waals surface area contributed by atoms with Gasteiger partial charge in [0.1, 0.15) is 11.6 Å². The van der Waals surface area contributed by atoms with E-state index in [0.29, 0.717) is 38.2 Å². The second-order valence-electron chi connectivity index (χ2n) is 11.7. The minimum atomic E-state index is -0.735. The van der Waals surface area contributed by atoms with E-state index in [9.17, 15) is 23.5 Å². The molecule has 0 unspecified atom stereocenters.